The third kappa shape index (κ3) is 2.07. The quantitative estimate of drug-likeness (QED) is 0.636. The Bertz CT molecular complexity index is 287. The lowest BCUT2D eigenvalue weighted by atomic mass is 9.97. The fraction of sp³-hybridized carbons (Fsp3) is 0.900. The Morgan fingerprint density at radius 3 is 2.75 bits per heavy atom. The van der Waals surface area contributed by atoms with Crippen molar-refractivity contribution in [3.8, 4) is 0 Å². The standard InChI is InChI=1S/C10H18N2O3S/c1-3-5-7(13)8(14)6-9(15-5)16-10(12-6)11-4-2/h5-9,13-14H,3-4H2,1-2H3,(H,11,12). The molecule has 0 aromatic rings. The van der Waals surface area contributed by atoms with Crippen LogP contribution >= 0.6 is 11.8 Å². The Morgan fingerprint density at radius 1 is 1.38 bits per heavy atom. The molecule has 0 amide bonds. The van der Waals surface area contributed by atoms with Gasteiger partial charge in [-0.2, -0.15) is 0 Å². The Morgan fingerprint density at radius 2 is 2.12 bits per heavy atom. The summed E-state index contributed by atoms with van der Waals surface area (Å²) in [6.45, 7) is 4.72. The number of amidine groups is 1. The second kappa shape index (κ2) is 4.91. The number of hydrogen-bond donors (Lipinski definition) is 3. The van der Waals surface area contributed by atoms with Crippen LogP contribution in [0, 0.1) is 0 Å². The summed E-state index contributed by atoms with van der Waals surface area (Å²) >= 11 is 1.49. The van der Waals surface area contributed by atoms with E-state index in [2.05, 4.69) is 10.3 Å². The summed E-state index contributed by atoms with van der Waals surface area (Å²) in [5, 5.41) is 23.7. The van der Waals surface area contributed by atoms with E-state index in [1.807, 2.05) is 13.8 Å². The first-order valence-electron chi connectivity index (χ1n) is 5.67. The van der Waals surface area contributed by atoms with Crippen LogP contribution in [0.15, 0.2) is 4.99 Å². The topological polar surface area (TPSA) is 74.1 Å². The molecule has 1 saturated heterocycles. The molecule has 3 N–H and O–H groups in total. The molecule has 0 spiro atoms. The molecule has 5 unspecified atom stereocenters. The number of thioether (sulfide) groups is 1. The number of aliphatic hydroxyl groups excluding tert-OH is 2. The minimum absolute atomic E-state index is 0.169. The minimum atomic E-state index is -0.837. The summed E-state index contributed by atoms with van der Waals surface area (Å²) in [7, 11) is 0. The summed E-state index contributed by atoms with van der Waals surface area (Å²) in [5.74, 6) is 0. The van der Waals surface area contributed by atoms with E-state index in [4.69, 9.17) is 4.74 Å². The molecular weight excluding hydrogens is 228 g/mol. The Hall–Kier alpha value is -0.300. The Labute approximate surface area is 99.3 Å². The normalized spacial score (nSPS) is 42.8. The van der Waals surface area contributed by atoms with Gasteiger partial charge in [-0.1, -0.05) is 18.7 Å². The number of ether oxygens (including phenoxy) is 1. The maximum Gasteiger partial charge on any atom is 0.159 e. The molecule has 0 aromatic carbocycles. The highest BCUT2D eigenvalue weighted by molar-refractivity contribution is 8.14. The van der Waals surface area contributed by atoms with Crippen LogP contribution in [0.1, 0.15) is 20.3 Å². The first kappa shape index (κ1) is 12.2. The highest BCUT2D eigenvalue weighted by Gasteiger charge is 2.47. The molecule has 2 rings (SSSR count). The van der Waals surface area contributed by atoms with Gasteiger partial charge in [0.25, 0.3) is 0 Å². The van der Waals surface area contributed by atoms with Gasteiger partial charge in [0.1, 0.15) is 23.7 Å². The third-order valence-corrected chi connectivity index (χ3v) is 3.99. The number of rotatable bonds is 2. The van der Waals surface area contributed by atoms with Crippen LogP contribution in [0.4, 0.5) is 0 Å². The summed E-state index contributed by atoms with van der Waals surface area (Å²) in [4.78, 5) is 4.33. The molecule has 0 aliphatic carbocycles. The second-order valence-corrected chi connectivity index (χ2v) is 5.09. The van der Waals surface area contributed by atoms with E-state index >= 15 is 0 Å². The number of aliphatic hydroxyl groups is 2. The third-order valence-electron chi connectivity index (χ3n) is 2.89. The van der Waals surface area contributed by atoms with Crippen molar-refractivity contribution < 1.29 is 14.9 Å². The monoisotopic (exact) mass is 246 g/mol. The van der Waals surface area contributed by atoms with Crippen molar-refractivity contribution in [2.24, 2.45) is 4.99 Å². The van der Waals surface area contributed by atoms with Crippen LogP contribution in [0.3, 0.4) is 0 Å². The number of fused-ring (bicyclic) bond motifs is 1. The highest BCUT2D eigenvalue weighted by Crippen LogP contribution is 2.36. The summed E-state index contributed by atoms with van der Waals surface area (Å²) in [6.07, 6.45) is -1.26. The highest BCUT2D eigenvalue weighted by atomic mass is 32.2. The predicted octanol–water partition coefficient (Wildman–Crippen LogP) is -0.0760. The van der Waals surface area contributed by atoms with Gasteiger partial charge in [-0.25, -0.2) is 0 Å². The van der Waals surface area contributed by atoms with Crippen LogP contribution < -0.4 is 5.32 Å². The predicted molar refractivity (Wildman–Crippen MR) is 63.5 cm³/mol. The van der Waals surface area contributed by atoms with E-state index in [9.17, 15) is 10.2 Å². The van der Waals surface area contributed by atoms with Gasteiger partial charge in [-0.05, 0) is 13.3 Å². The number of hydrogen-bond acceptors (Lipinski definition) is 6. The smallest absolute Gasteiger partial charge is 0.159 e. The molecule has 92 valence electrons. The van der Waals surface area contributed by atoms with Crippen molar-refractivity contribution in [3.63, 3.8) is 0 Å². The van der Waals surface area contributed by atoms with Crippen LogP contribution in [-0.4, -0.2) is 51.7 Å². The number of aliphatic imine (C=N–C) groups is 1. The van der Waals surface area contributed by atoms with Crippen molar-refractivity contribution in [1.29, 1.82) is 0 Å². The fourth-order valence-electron chi connectivity index (χ4n) is 2.00. The molecule has 0 radical (unpaired) electrons. The first-order valence-corrected chi connectivity index (χ1v) is 6.55. The van der Waals surface area contributed by atoms with Crippen molar-refractivity contribution >= 4 is 16.9 Å². The summed E-state index contributed by atoms with van der Waals surface area (Å²) < 4.78 is 5.72. The zero-order valence-corrected chi connectivity index (χ0v) is 10.3. The number of nitrogens with zero attached hydrogens (tertiary/aromatic N) is 1. The lowest BCUT2D eigenvalue weighted by Gasteiger charge is -2.37. The average molecular weight is 246 g/mol. The van der Waals surface area contributed by atoms with Crippen LogP contribution in [0.5, 0.6) is 0 Å². The molecule has 16 heavy (non-hydrogen) atoms. The summed E-state index contributed by atoms with van der Waals surface area (Å²) in [5.41, 5.74) is -0.169. The maximum atomic E-state index is 9.96. The van der Waals surface area contributed by atoms with E-state index < -0.39 is 12.2 Å². The second-order valence-electron chi connectivity index (χ2n) is 4.01. The SMILES string of the molecule is CCNC1=NC2C(OC(CC)C(O)C2O)S1. The van der Waals surface area contributed by atoms with Crippen molar-refractivity contribution in [1.82, 2.24) is 5.32 Å². The van der Waals surface area contributed by atoms with Gasteiger partial charge in [0, 0.05) is 6.54 Å². The van der Waals surface area contributed by atoms with E-state index in [-0.39, 0.29) is 17.6 Å². The molecule has 2 heterocycles. The van der Waals surface area contributed by atoms with E-state index in [0.29, 0.717) is 6.42 Å². The van der Waals surface area contributed by atoms with E-state index in [1.165, 1.54) is 11.8 Å². The largest absolute Gasteiger partial charge is 0.388 e. The fourth-order valence-corrected chi connectivity index (χ4v) is 3.19. The van der Waals surface area contributed by atoms with Gasteiger partial charge in [0.2, 0.25) is 0 Å². The zero-order chi connectivity index (χ0) is 11.7. The van der Waals surface area contributed by atoms with Gasteiger partial charge >= 0.3 is 0 Å². The molecule has 0 saturated carbocycles. The average Bonchev–Trinajstić information content (AvgIpc) is 2.67. The van der Waals surface area contributed by atoms with Crippen LogP contribution in [0.25, 0.3) is 0 Å². The lowest BCUT2D eigenvalue weighted by Crippen LogP contribution is -2.54. The molecule has 1 fully saturated rings. The van der Waals surface area contributed by atoms with Crippen LogP contribution in [0.2, 0.25) is 0 Å². The number of nitrogens with one attached hydrogen (secondary N) is 1. The molecule has 2 aliphatic heterocycles. The van der Waals surface area contributed by atoms with Gasteiger partial charge in [-0.3, -0.25) is 4.99 Å². The Kier molecular flexibility index (Phi) is 3.73. The van der Waals surface area contributed by atoms with Gasteiger partial charge in [-0.15, -0.1) is 0 Å². The molecule has 0 bridgehead atoms. The van der Waals surface area contributed by atoms with Crippen LogP contribution in [-0.2, 0) is 4.74 Å². The van der Waals surface area contributed by atoms with Gasteiger partial charge in [0.05, 0.1) is 6.10 Å². The zero-order valence-electron chi connectivity index (χ0n) is 9.46. The minimum Gasteiger partial charge on any atom is -0.388 e. The molecule has 5 nitrogen and oxygen atoms in total. The lowest BCUT2D eigenvalue weighted by molar-refractivity contribution is -0.153. The maximum absolute atomic E-state index is 9.96. The van der Waals surface area contributed by atoms with Crippen molar-refractivity contribution in [3.05, 3.63) is 0 Å². The first-order chi connectivity index (χ1) is 7.67. The van der Waals surface area contributed by atoms with Crippen molar-refractivity contribution in [2.75, 3.05) is 6.54 Å². The van der Waals surface area contributed by atoms with E-state index in [0.717, 1.165) is 11.7 Å². The summed E-state index contributed by atoms with van der Waals surface area (Å²) in [6, 6.07) is -0.350. The van der Waals surface area contributed by atoms with E-state index in [1.54, 1.807) is 0 Å². The van der Waals surface area contributed by atoms with Crippen molar-refractivity contribution in [2.45, 2.75) is 50.1 Å². The van der Waals surface area contributed by atoms with Gasteiger partial charge in [0.15, 0.2) is 5.17 Å². The molecule has 6 heteroatoms. The molecule has 0 aromatic heterocycles. The molecule has 5 atom stereocenters. The molecule has 2 aliphatic rings. The van der Waals surface area contributed by atoms with Gasteiger partial charge < -0.3 is 20.3 Å². The Balaban J connectivity index is 2.08. The molecular formula is C10H18N2O3S.